The van der Waals surface area contributed by atoms with Crippen molar-refractivity contribution in [1.29, 1.82) is 0 Å². The molecule has 110 valence electrons. The van der Waals surface area contributed by atoms with Gasteiger partial charge in [0.25, 0.3) is 0 Å². The van der Waals surface area contributed by atoms with Crippen LogP contribution in [0.2, 0.25) is 0 Å². The molecule has 1 spiro atoms. The molecule has 20 heavy (non-hydrogen) atoms. The maximum atomic E-state index is 3.77. The highest BCUT2D eigenvalue weighted by atomic mass is 79.9. The molecule has 3 heteroatoms. The number of piperidine rings is 2. The van der Waals surface area contributed by atoms with Gasteiger partial charge in [0.2, 0.25) is 0 Å². The lowest BCUT2D eigenvalue weighted by molar-refractivity contribution is 0.0560. The number of nitrogens with zero attached hydrogens (tertiary/aromatic N) is 1. The van der Waals surface area contributed by atoms with Gasteiger partial charge in [0.15, 0.2) is 0 Å². The van der Waals surface area contributed by atoms with Crippen molar-refractivity contribution >= 4 is 15.9 Å². The Morgan fingerprint density at radius 3 is 2.70 bits per heavy atom. The van der Waals surface area contributed by atoms with Gasteiger partial charge >= 0.3 is 0 Å². The third-order valence-electron chi connectivity index (χ3n) is 5.47. The molecule has 1 atom stereocenters. The van der Waals surface area contributed by atoms with Crippen LogP contribution in [0.1, 0.15) is 37.7 Å². The van der Waals surface area contributed by atoms with E-state index in [-0.39, 0.29) is 0 Å². The molecule has 1 unspecified atom stereocenters. The summed E-state index contributed by atoms with van der Waals surface area (Å²) in [4.78, 5) is 2.60. The molecule has 2 nitrogen and oxygen atoms in total. The molecule has 3 rings (SSSR count). The Morgan fingerprint density at radius 1 is 1.25 bits per heavy atom. The summed E-state index contributed by atoms with van der Waals surface area (Å²) in [5, 5.41) is 3.62. The molecule has 0 aromatic heterocycles. The number of hydrogen-bond acceptors (Lipinski definition) is 2. The van der Waals surface area contributed by atoms with Crippen molar-refractivity contribution in [2.24, 2.45) is 5.41 Å². The Kier molecular flexibility index (Phi) is 4.49. The molecule has 2 saturated heterocycles. The monoisotopic (exact) mass is 336 g/mol. The second-order valence-electron chi connectivity index (χ2n) is 6.32. The van der Waals surface area contributed by atoms with Gasteiger partial charge in [-0.25, -0.2) is 0 Å². The second kappa shape index (κ2) is 6.17. The van der Waals surface area contributed by atoms with E-state index in [0.717, 1.165) is 6.54 Å². The van der Waals surface area contributed by atoms with E-state index >= 15 is 0 Å². The Bertz CT molecular complexity index is 452. The molecule has 1 aromatic rings. The zero-order valence-electron chi connectivity index (χ0n) is 12.4. The van der Waals surface area contributed by atoms with Crippen LogP contribution >= 0.6 is 15.9 Å². The third kappa shape index (κ3) is 2.68. The average molecular weight is 337 g/mol. The smallest absolute Gasteiger partial charge is 0.0210 e. The van der Waals surface area contributed by atoms with Gasteiger partial charge in [0.1, 0.15) is 0 Å². The first kappa shape index (κ1) is 14.6. The van der Waals surface area contributed by atoms with Crippen molar-refractivity contribution in [1.82, 2.24) is 10.2 Å². The van der Waals surface area contributed by atoms with E-state index in [1.165, 1.54) is 55.5 Å². The van der Waals surface area contributed by atoms with Crippen LogP contribution in [0, 0.1) is 5.41 Å². The molecule has 1 N–H and O–H groups in total. The summed E-state index contributed by atoms with van der Waals surface area (Å²) in [6.07, 6.45) is 4.04. The molecule has 0 bridgehead atoms. The minimum Gasteiger partial charge on any atom is -0.316 e. The quantitative estimate of drug-likeness (QED) is 0.887. The lowest BCUT2D eigenvalue weighted by atomic mass is 9.63. The number of benzene rings is 1. The molecule has 1 aromatic carbocycles. The molecule has 0 saturated carbocycles. The predicted molar refractivity (Wildman–Crippen MR) is 88.2 cm³/mol. The summed E-state index contributed by atoms with van der Waals surface area (Å²) in [6, 6.07) is 8.81. The zero-order chi connectivity index (χ0) is 14.0. The largest absolute Gasteiger partial charge is 0.316 e. The molecule has 2 fully saturated rings. The van der Waals surface area contributed by atoms with Gasteiger partial charge in [0, 0.05) is 16.9 Å². The summed E-state index contributed by atoms with van der Waals surface area (Å²) in [5.74, 6) is 0.658. The van der Waals surface area contributed by atoms with Crippen LogP contribution in [0.25, 0.3) is 0 Å². The number of likely N-dealkylation sites (tertiary alicyclic amines) is 1. The van der Waals surface area contributed by atoms with Crippen LogP contribution in [0.15, 0.2) is 28.7 Å². The van der Waals surface area contributed by atoms with Gasteiger partial charge in [-0.15, -0.1) is 0 Å². The molecule has 2 heterocycles. The van der Waals surface area contributed by atoms with E-state index in [4.69, 9.17) is 0 Å². The Labute approximate surface area is 131 Å². The Hall–Kier alpha value is -0.380. The maximum absolute atomic E-state index is 3.77. The van der Waals surface area contributed by atoms with Crippen LogP contribution in [0.3, 0.4) is 0 Å². The topological polar surface area (TPSA) is 15.3 Å². The summed E-state index contributed by atoms with van der Waals surface area (Å²) in [5.41, 5.74) is 2.02. The number of rotatable bonds is 2. The van der Waals surface area contributed by atoms with E-state index in [1.54, 1.807) is 0 Å². The van der Waals surface area contributed by atoms with Crippen LogP contribution in [-0.2, 0) is 0 Å². The van der Waals surface area contributed by atoms with Gasteiger partial charge in [-0.1, -0.05) is 41.1 Å². The second-order valence-corrected chi connectivity index (χ2v) is 7.18. The highest BCUT2D eigenvalue weighted by molar-refractivity contribution is 9.10. The fourth-order valence-corrected chi connectivity index (χ4v) is 4.65. The molecular weight excluding hydrogens is 312 g/mol. The van der Waals surface area contributed by atoms with E-state index < -0.39 is 0 Å². The Morgan fingerprint density at radius 2 is 2.00 bits per heavy atom. The van der Waals surface area contributed by atoms with Crippen LogP contribution < -0.4 is 5.32 Å². The number of nitrogens with one attached hydrogen (secondary N) is 1. The Balaban J connectivity index is 1.86. The van der Waals surface area contributed by atoms with Crippen molar-refractivity contribution in [3.63, 3.8) is 0 Å². The van der Waals surface area contributed by atoms with Crippen molar-refractivity contribution in [3.8, 4) is 0 Å². The minimum atomic E-state index is 0.515. The standard InChI is InChI=1S/C17H25BrN2/c1-2-20-11-8-17(9-12-20)7-10-19-13-15(17)14-5-3-4-6-16(14)18/h3-6,15,19H,2,7-13H2,1H3. The molecule has 0 aliphatic carbocycles. The number of hydrogen-bond donors (Lipinski definition) is 1. The molecule has 0 radical (unpaired) electrons. The first-order valence-electron chi connectivity index (χ1n) is 7.93. The maximum Gasteiger partial charge on any atom is 0.0210 e. The predicted octanol–water partition coefficient (Wildman–Crippen LogP) is 3.63. The normalized spacial score (nSPS) is 26.8. The van der Waals surface area contributed by atoms with Crippen LogP contribution in [-0.4, -0.2) is 37.6 Å². The van der Waals surface area contributed by atoms with E-state index in [0.29, 0.717) is 11.3 Å². The minimum absolute atomic E-state index is 0.515. The zero-order valence-corrected chi connectivity index (χ0v) is 14.0. The lowest BCUT2D eigenvalue weighted by Crippen LogP contribution is -2.50. The van der Waals surface area contributed by atoms with E-state index in [2.05, 4.69) is 57.3 Å². The third-order valence-corrected chi connectivity index (χ3v) is 6.19. The van der Waals surface area contributed by atoms with Crippen molar-refractivity contribution in [3.05, 3.63) is 34.3 Å². The van der Waals surface area contributed by atoms with Crippen molar-refractivity contribution in [2.75, 3.05) is 32.7 Å². The fourth-order valence-electron chi connectivity index (χ4n) is 4.09. The SMILES string of the molecule is CCN1CCC2(CCNCC2c2ccccc2Br)CC1. The highest BCUT2D eigenvalue weighted by Gasteiger charge is 2.43. The summed E-state index contributed by atoms with van der Waals surface area (Å²) in [7, 11) is 0. The van der Waals surface area contributed by atoms with Gasteiger partial charge in [-0.2, -0.15) is 0 Å². The number of halogens is 1. The summed E-state index contributed by atoms with van der Waals surface area (Å²) < 4.78 is 1.28. The van der Waals surface area contributed by atoms with Crippen molar-refractivity contribution < 1.29 is 0 Å². The summed E-state index contributed by atoms with van der Waals surface area (Å²) >= 11 is 3.77. The van der Waals surface area contributed by atoms with Crippen LogP contribution in [0.5, 0.6) is 0 Å². The fraction of sp³-hybridized carbons (Fsp3) is 0.647. The van der Waals surface area contributed by atoms with E-state index in [1.807, 2.05) is 0 Å². The average Bonchev–Trinajstić information content (AvgIpc) is 2.50. The molecular formula is C17H25BrN2. The lowest BCUT2D eigenvalue weighted by Gasteiger charge is -2.50. The summed E-state index contributed by atoms with van der Waals surface area (Å²) in [6.45, 7) is 8.36. The van der Waals surface area contributed by atoms with Crippen LogP contribution in [0.4, 0.5) is 0 Å². The van der Waals surface area contributed by atoms with Gasteiger partial charge in [-0.3, -0.25) is 0 Å². The van der Waals surface area contributed by atoms with Gasteiger partial charge in [0.05, 0.1) is 0 Å². The highest BCUT2D eigenvalue weighted by Crippen LogP contribution is 2.49. The van der Waals surface area contributed by atoms with Crippen molar-refractivity contribution in [2.45, 2.75) is 32.1 Å². The molecule has 0 amide bonds. The molecule has 2 aliphatic rings. The van der Waals surface area contributed by atoms with Gasteiger partial charge in [-0.05, 0) is 62.5 Å². The first-order valence-corrected chi connectivity index (χ1v) is 8.72. The first-order chi connectivity index (χ1) is 9.75. The van der Waals surface area contributed by atoms with E-state index in [9.17, 15) is 0 Å². The van der Waals surface area contributed by atoms with Gasteiger partial charge < -0.3 is 10.2 Å². The molecule has 2 aliphatic heterocycles.